The number of amides is 2. The quantitative estimate of drug-likeness (QED) is 0.560. The molecule has 0 saturated carbocycles. The zero-order valence-corrected chi connectivity index (χ0v) is 19.6. The molecular formula is C25H28N4O4. The van der Waals surface area contributed by atoms with Gasteiger partial charge >= 0.3 is 0 Å². The van der Waals surface area contributed by atoms with Crippen LogP contribution in [0, 0.1) is 20.8 Å². The molecule has 1 aliphatic heterocycles. The summed E-state index contributed by atoms with van der Waals surface area (Å²) in [6.07, 6.45) is 1.50. The molecule has 0 spiro atoms. The van der Waals surface area contributed by atoms with Gasteiger partial charge in [0.1, 0.15) is 11.5 Å². The van der Waals surface area contributed by atoms with Crippen LogP contribution in [0.25, 0.3) is 11.3 Å². The number of hydrogen-bond donors (Lipinski definition) is 1. The second-order valence-electron chi connectivity index (χ2n) is 8.21. The van der Waals surface area contributed by atoms with Gasteiger partial charge in [-0.25, -0.2) is 4.68 Å². The number of imide groups is 1. The average Bonchev–Trinajstić information content (AvgIpc) is 3.46. The molecule has 0 unspecified atom stereocenters. The molecule has 2 aromatic heterocycles. The molecule has 0 fully saturated rings. The fourth-order valence-corrected chi connectivity index (χ4v) is 4.29. The summed E-state index contributed by atoms with van der Waals surface area (Å²) < 4.78 is 6.82. The van der Waals surface area contributed by atoms with Crippen LogP contribution in [0.5, 0.6) is 0 Å². The number of carbonyl (C=O) groups excluding carboxylic acids is 2. The van der Waals surface area contributed by atoms with Gasteiger partial charge in [0.15, 0.2) is 0 Å². The summed E-state index contributed by atoms with van der Waals surface area (Å²) in [7, 11) is 0. The lowest BCUT2D eigenvalue weighted by molar-refractivity contribution is -0.138. The highest BCUT2D eigenvalue weighted by atomic mass is 16.3. The van der Waals surface area contributed by atoms with Crippen molar-refractivity contribution in [2.45, 2.75) is 41.2 Å². The second kappa shape index (κ2) is 8.61. The lowest BCUT2D eigenvalue weighted by Gasteiger charge is -2.22. The number of benzene rings is 1. The van der Waals surface area contributed by atoms with E-state index in [-0.39, 0.29) is 28.9 Å². The number of aromatic amines is 1. The SMILES string of the molecule is CCN(CC)C1=C(c2c(C)[nH]n(-c3cc(C)ccc3C)c2=O)C(=O)N(Cc2ccco2)C1=O. The standard InChI is InChI=1S/C25H28N4O4/c1-6-27(7-2)22-21(23(30)28(25(22)32)14-18-9-8-12-33-18)20-17(5)26-29(24(20)31)19-13-15(3)10-11-16(19)4/h8-13,26H,6-7,14H2,1-5H3. The fourth-order valence-electron chi connectivity index (χ4n) is 4.29. The first-order chi connectivity index (χ1) is 15.8. The highest BCUT2D eigenvalue weighted by molar-refractivity contribution is 6.35. The van der Waals surface area contributed by atoms with E-state index in [4.69, 9.17) is 4.42 Å². The van der Waals surface area contributed by atoms with Gasteiger partial charge in [0.05, 0.1) is 29.6 Å². The maximum atomic E-state index is 13.6. The Balaban J connectivity index is 1.90. The van der Waals surface area contributed by atoms with E-state index in [1.807, 2.05) is 50.8 Å². The average molecular weight is 449 g/mol. The summed E-state index contributed by atoms with van der Waals surface area (Å²) in [6.45, 7) is 10.5. The third kappa shape index (κ3) is 3.71. The van der Waals surface area contributed by atoms with Crippen LogP contribution in [0.1, 0.15) is 42.0 Å². The van der Waals surface area contributed by atoms with Crippen LogP contribution in [0.15, 0.2) is 51.5 Å². The van der Waals surface area contributed by atoms with E-state index in [9.17, 15) is 14.4 Å². The molecule has 33 heavy (non-hydrogen) atoms. The van der Waals surface area contributed by atoms with Crippen molar-refractivity contribution in [2.24, 2.45) is 0 Å². The van der Waals surface area contributed by atoms with Crippen LogP contribution in [0.4, 0.5) is 0 Å². The maximum absolute atomic E-state index is 13.6. The van der Waals surface area contributed by atoms with Gasteiger partial charge < -0.3 is 9.32 Å². The molecule has 0 saturated heterocycles. The van der Waals surface area contributed by atoms with Gasteiger partial charge in [0.25, 0.3) is 17.4 Å². The number of rotatable bonds is 7. The summed E-state index contributed by atoms with van der Waals surface area (Å²) in [6, 6.07) is 9.26. The Morgan fingerprint density at radius 3 is 2.36 bits per heavy atom. The van der Waals surface area contributed by atoms with E-state index >= 15 is 0 Å². The first kappa shape index (κ1) is 22.4. The van der Waals surface area contributed by atoms with Gasteiger partial charge in [0, 0.05) is 18.8 Å². The van der Waals surface area contributed by atoms with Crippen molar-refractivity contribution >= 4 is 17.4 Å². The predicted molar refractivity (Wildman–Crippen MR) is 125 cm³/mol. The highest BCUT2D eigenvalue weighted by Crippen LogP contribution is 2.33. The normalized spacial score (nSPS) is 14.0. The fraction of sp³-hybridized carbons (Fsp3) is 0.320. The molecule has 8 nitrogen and oxygen atoms in total. The van der Waals surface area contributed by atoms with E-state index in [1.54, 1.807) is 19.1 Å². The first-order valence-electron chi connectivity index (χ1n) is 11.1. The number of aryl methyl sites for hydroxylation is 3. The molecule has 1 aliphatic rings. The van der Waals surface area contributed by atoms with Crippen molar-refractivity contribution in [3.63, 3.8) is 0 Å². The molecule has 1 N–H and O–H groups in total. The van der Waals surface area contributed by atoms with Crippen molar-refractivity contribution < 1.29 is 14.0 Å². The maximum Gasteiger partial charge on any atom is 0.279 e. The van der Waals surface area contributed by atoms with Gasteiger partial charge in [0.2, 0.25) is 0 Å². The van der Waals surface area contributed by atoms with Crippen LogP contribution < -0.4 is 5.56 Å². The molecule has 8 heteroatoms. The number of hydrogen-bond acceptors (Lipinski definition) is 5. The van der Waals surface area contributed by atoms with E-state index in [1.165, 1.54) is 10.9 Å². The summed E-state index contributed by atoms with van der Waals surface area (Å²) >= 11 is 0. The number of furan rings is 1. The number of likely N-dealkylation sites (N-methyl/N-ethyl adjacent to an activating group) is 1. The summed E-state index contributed by atoms with van der Waals surface area (Å²) in [5.74, 6) is -0.422. The molecule has 3 heterocycles. The molecule has 1 aromatic carbocycles. The third-order valence-electron chi connectivity index (χ3n) is 6.04. The molecule has 172 valence electrons. The summed E-state index contributed by atoms with van der Waals surface area (Å²) in [4.78, 5) is 43.6. The minimum absolute atomic E-state index is 0.00752. The Morgan fingerprint density at radius 1 is 1.00 bits per heavy atom. The summed E-state index contributed by atoms with van der Waals surface area (Å²) in [5.41, 5.74) is 3.42. The lowest BCUT2D eigenvalue weighted by Crippen LogP contribution is -2.34. The first-order valence-corrected chi connectivity index (χ1v) is 11.1. The Labute approximate surface area is 192 Å². The van der Waals surface area contributed by atoms with Crippen molar-refractivity contribution in [1.29, 1.82) is 0 Å². The molecular weight excluding hydrogens is 420 g/mol. The van der Waals surface area contributed by atoms with Gasteiger partial charge in [-0.05, 0) is 63.9 Å². The van der Waals surface area contributed by atoms with Crippen LogP contribution in [0.2, 0.25) is 0 Å². The van der Waals surface area contributed by atoms with Gasteiger partial charge in [-0.2, -0.15) is 0 Å². The van der Waals surface area contributed by atoms with Crippen molar-refractivity contribution in [3.8, 4) is 5.69 Å². The second-order valence-corrected chi connectivity index (χ2v) is 8.21. The Bertz CT molecular complexity index is 1310. The Hall–Kier alpha value is -3.81. The van der Waals surface area contributed by atoms with Gasteiger partial charge in [-0.1, -0.05) is 12.1 Å². The minimum Gasteiger partial charge on any atom is -0.467 e. The highest BCUT2D eigenvalue weighted by Gasteiger charge is 2.43. The topological polar surface area (TPSA) is 91.6 Å². The van der Waals surface area contributed by atoms with E-state index < -0.39 is 11.8 Å². The monoisotopic (exact) mass is 448 g/mol. The number of carbonyl (C=O) groups is 2. The number of aromatic nitrogens is 2. The zero-order chi connectivity index (χ0) is 23.9. The smallest absolute Gasteiger partial charge is 0.279 e. The molecule has 0 radical (unpaired) electrons. The predicted octanol–water partition coefficient (Wildman–Crippen LogP) is 3.31. The van der Waals surface area contributed by atoms with E-state index in [2.05, 4.69) is 5.10 Å². The minimum atomic E-state index is -0.495. The number of nitrogens with one attached hydrogen (secondary N) is 1. The molecule has 0 aliphatic carbocycles. The third-order valence-corrected chi connectivity index (χ3v) is 6.04. The molecule has 0 atom stereocenters. The number of H-pyrrole nitrogens is 1. The lowest BCUT2D eigenvalue weighted by atomic mass is 10.0. The van der Waals surface area contributed by atoms with E-state index in [0.29, 0.717) is 30.2 Å². The zero-order valence-electron chi connectivity index (χ0n) is 19.6. The van der Waals surface area contributed by atoms with Crippen LogP contribution in [-0.2, 0) is 16.1 Å². The van der Waals surface area contributed by atoms with E-state index in [0.717, 1.165) is 16.0 Å². The Kier molecular flexibility index (Phi) is 5.84. The van der Waals surface area contributed by atoms with Crippen molar-refractivity contribution in [3.05, 3.63) is 80.8 Å². The molecule has 0 bridgehead atoms. The Morgan fingerprint density at radius 2 is 1.73 bits per heavy atom. The van der Waals surface area contributed by atoms with Crippen molar-refractivity contribution in [1.82, 2.24) is 19.6 Å². The van der Waals surface area contributed by atoms with Gasteiger partial charge in [-0.15, -0.1) is 0 Å². The molecule has 3 aromatic rings. The molecule has 2 amide bonds. The van der Waals surface area contributed by atoms with Gasteiger partial charge in [-0.3, -0.25) is 24.4 Å². The number of nitrogens with zero attached hydrogens (tertiary/aromatic N) is 3. The largest absolute Gasteiger partial charge is 0.467 e. The van der Waals surface area contributed by atoms with Crippen LogP contribution >= 0.6 is 0 Å². The summed E-state index contributed by atoms with van der Waals surface area (Å²) in [5, 5.41) is 3.12. The molecule has 4 rings (SSSR count). The van der Waals surface area contributed by atoms with Crippen molar-refractivity contribution in [2.75, 3.05) is 13.1 Å². The van der Waals surface area contributed by atoms with Crippen LogP contribution in [0.3, 0.4) is 0 Å². The van der Waals surface area contributed by atoms with Crippen LogP contribution in [-0.4, -0.2) is 44.5 Å².